The highest BCUT2D eigenvalue weighted by Crippen LogP contribution is 2.16. The van der Waals surface area contributed by atoms with Gasteiger partial charge in [0.1, 0.15) is 0 Å². The molecule has 0 aromatic heterocycles. The lowest BCUT2D eigenvalue weighted by molar-refractivity contribution is 0.0917. The van der Waals surface area contributed by atoms with Crippen LogP contribution >= 0.6 is 0 Å². The Bertz CT molecular complexity index is 215. The Morgan fingerprint density at radius 1 is 1.40 bits per heavy atom. The molecule has 0 aliphatic carbocycles. The van der Waals surface area contributed by atoms with E-state index in [9.17, 15) is 0 Å². The molecule has 1 unspecified atom stereocenters. The third kappa shape index (κ3) is 3.18. The molecule has 1 N–H and O–H groups in total. The SMILES string of the molecule is ON=C1CCN(CCC2CCCO2)CC1. The van der Waals surface area contributed by atoms with Crippen LogP contribution in [0.1, 0.15) is 32.1 Å². The van der Waals surface area contributed by atoms with Crippen LogP contribution in [0.2, 0.25) is 0 Å². The Morgan fingerprint density at radius 3 is 2.80 bits per heavy atom. The highest BCUT2D eigenvalue weighted by atomic mass is 16.5. The number of oxime groups is 1. The molecule has 2 aliphatic heterocycles. The highest BCUT2D eigenvalue weighted by Gasteiger charge is 2.19. The molecule has 0 aromatic rings. The lowest BCUT2D eigenvalue weighted by Gasteiger charge is -2.27. The van der Waals surface area contributed by atoms with Gasteiger partial charge in [0.25, 0.3) is 0 Å². The first kappa shape index (κ1) is 10.9. The van der Waals surface area contributed by atoms with E-state index < -0.39 is 0 Å². The smallest absolute Gasteiger partial charge is 0.0596 e. The summed E-state index contributed by atoms with van der Waals surface area (Å²) in [6, 6.07) is 0. The van der Waals surface area contributed by atoms with Crippen molar-refractivity contribution in [3.63, 3.8) is 0 Å². The fourth-order valence-electron chi connectivity index (χ4n) is 2.33. The molecule has 2 rings (SSSR count). The monoisotopic (exact) mass is 212 g/mol. The van der Waals surface area contributed by atoms with Crippen LogP contribution in [0.4, 0.5) is 0 Å². The van der Waals surface area contributed by atoms with Gasteiger partial charge in [0.05, 0.1) is 11.8 Å². The van der Waals surface area contributed by atoms with Crippen molar-refractivity contribution in [1.82, 2.24) is 4.90 Å². The fourth-order valence-corrected chi connectivity index (χ4v) is 2.33. The number of ether oxygens (including phenoxy) is 1. The van der Waals surface area contributed by atoms with E-state index in [0.29, 0.717) is 6.10 Å². The van der Waals surface area contributed by atoms with E-state index in [1.807, 2.05) is 0 Å². The summed E-state index contributed by atoms with van der Waals surface area (Å²) in [4.78, 5) is 2.44. The molecule has 0 amide bonds. The maximum absolute atomic E-state index is 8.63. The zero-order chi connectivity index (χ0) is 10.5. The average Bonchev–Trinajstić information content (AvgIpc) is 2.80. The molecule has 4 heteroatoms. The Labute approximate surface area is 90.9 Å². The molecule has 15 heavy (non-hydrogen) atoms. The maximum atomic E-state index is 8.63. The highest BCUT2D eigenvalue weighted by molar-refractivity contribution is 5.84. The van der Waals surface area contributed by atoms with Crippen LogP contribution < -0.4 is 0 Å². The Balaban J connectivity index is 1.63. The van der Waals surface area contributed by atoms with Gasteiger partial charge in [0.2, 0.25) is 0 Å². The van der Waals surface area contributed by atoms with Crippen molar-refractivity contribution in [2.45, 2.75) is 38.2 Å². The summed E-state index contributed by atoms with van der Waals surface area (Å²) in [5, 5.41) is 11.9. The molecule has 0 aromatic carbocycles. The van der Waals surface area contributed by atoms with E-state index in [1.165, 1.54) is 12.8 Å². The number of hydrogen-bond donors (Lipinski definition) is 1. The molecule has 2 saturated heterocycles. The molecular weight excluding hydrogens is 192 g/mol. The largest absolute Gasteiger partial charge is 0.411 e. The molecule has 2 heterocycles. The molecule has 2 aliphatic rings. The number of piperidine rings is 1. The molecule has 1 atom stereocenters. The molecule has 0 spiro atoms. The van der Waals surface area contributed by atoms with Crippen LogP contribution in [0.3, 0.4) is 0 Å². The second kappa shape index (κ2) is 5.47. The van der Waals surface area contributed by atoms with Crippen molar-refractivity contribution in [3.05, 3.63) is 0 Å². The van der Waals surface area contributed by atoms with E-state index >= 15 is 0 Å². The van der Waals surface area contributed by atoms with E-state index in [2.05, 4.69) is 10.1 Å². The van der Waals surface area contributed by atoms with Gasteiger partial charge in [0, 0.05) is 39.1 Å². The average molecular weight is 212 g/mol. The number of hydrogen-bond acceptors (Lipinski definition) is 4. The van der Waals surface area contributed by atoms with Gasteiger partial charge in [-0.25, -0.2) is 0 Å². The van der Waals surface area contributed by atoms with Crippen LogP contribution in [0.5, 0.6) is 0 Å². The minimum absolute atomic E-state index is 0.498. The predicted octanol–water partition coefficient (Wildman–Crippen LogP) is 1.48. The van der Waals surface area contributed by atoms with Crippen molar-refractivity contribution >= 4 is 5.71 Å². The summed E-state index contributed by atoms with van der Waals surface area (Å²) in [6.45, 7) is 4.15. The minimum Gasteiger partial charge on any atom is -0.411 e. The van der Waals surface area contributed by atoms with E-state index in [-0.39, 0.29) is 0 Å². The lowest BCUT2D eigenvalue weighted by atomic mass is 10.1. The predicted molar refractivity (Wildman–Crippen MR) is 58.5 cm³/mol. The normalized spacial score (nSPS) is 28.3. The van der Waals surface area contributed by atoms with Gasteiger partial charge in [-0.15, -0.1) is 0 Å². The Hall–Kier alpha value is -0.610. The van der Waals surface area contributed by atoms with Gasteiger partial charge >= 0.3 is 0 Å². The van der Waals surface area contributed by atoms with Gasteiger partial charge in [-0.2, -0.15) is 0 Å². The van der Waals surface area contributed by atoms with Crippen molar-refractivity contribution < 1.29 is 9.94 Å². The Morgan fingerprint density at radius 2 is 2.20 bits per heavy atom. The standard InChI is InChI=1S/C11H20N2O2/c14-12-10-3-6-13(7-4-10)8-5-11-2-1-9-15-11/h11,14H,1-9H2. The topological polar surface area (TPSA) is 45.1 Å². The summed E-state index contributed by atoms with van der Waals surface area (Å²) in [6.07, 6.45) is 5.96. The first-order valence-corrected chi connectivity index (χ1v) is 5.92. The van der Waals surface area contributed by atoms with Gasteiger partial charge in [-0.1, -0.05) is 5.16 Å². The van der Waals surface area contributed by atoms with Gasteiger partial charge in [-0.3, -0.25) is 0 Å². The summed E-state index contributed by atoms with van der Waals surface area (Å²) in [7, 11) is 0. The summed E-state index contributed by atoms with van der Waals surface area (Å²) in [5.41, 5.74) is 0.948. The fraction of sp³-hybridized carbons (Fsp3) is 0.909. The number of likely N-dealkylation sites (tertiary alicyclic amines) is 1. The van der Waals surface area contributed by atoms with E-state index in [4.69, 9.17) is 9.94 Å². The molecule has 0 bridgehead atoms. The third-order valence-corrected chi connectivity index (χ3v) is 3.37. The van der Waals surface area contributed by atoms with E-state index in [0.717, 1.165) is 51.2 Å². The third-order valence-electron chi connectivity index (χ3n) is 3.37. The summed E-state index contributed by atoms with van der Waals surface area (Å²) < 4.78 is 5.60. The van der Waals surface area contributed by atoms with Crippen LogP contribution in [0, 0.1) is 0 Å². The minimum atomic E-state index is 0.498. The lowest BCUT2D eigenvalue weighted by Crippen LogP contribution is -2.35. The van der Waals surface area contributed by atoms with Gasteiger partial charge < -0.3 is 14.8 Å². The quantitative estimate of drug-likeness (QED) is 0.569. The van der Waals surface area contributed by atoms with Crippen LogP contribution in [0.15, 0.2) is 5.16 Å². The molecule has 2 fully saturated rings. The second-order valence-electron chi connectivity index (χ2n) is 4.43. The maximum Gasteiger partial charge on any atom is 0.0596 e. The molecule has 0 radical (unpaired) electrons. The van der Waals surface area contributed by atoms with E-state index in [1.54, 1.807) is 0 Å². The van der Waals surface area contributed by atoms with Gasteiger partial charge in [0.15, 0.2) is 0 Å². The van der Waals surface area contributed by atoms with Crippen LogP contribution in [0.25, 0.3) is 0 Å². The second-order valence-corrected chi connectivity index (χ2v) is 4.43. The van der Waals surface area contributed by atoms with Crippen LogP contribution in [-0.2, 0) is 4.74 Å². The van der Waals surface area contributed by atoms with Crippen molar-refractivity contribution in [2.24, 2.45) is 5.16 Å². The van der Waals surface area contributed by atoms with Crippen molar-refractivity contribution in [1.29, 1.82) is 0 Å². The number of rotatable bonds is 3. The first-order valence-electron chi connectivity index (χ1n) is 5.92. The van der Waals surface area contributed by atoms with Crippen molar-refractivity contribution in [3.8, 4) is 0 Å². The summed E-state index contributed by atoms with van der Waals surface area (Å²) >= 11 is 0. The molecule has 0 saturated carbocycles. The Kier molecular flexibility index (Phi) is 3.97. The zero-order valence-corrected chi connectivity index (χ0v) is 9.19. The molecule has 86 valence electrons. The van der Waals surface area contributed by atoms with Crippen molar-refractivity contribution in [2.75, 3.05) is 26.2 Å². The molecule has 4 nitrogen and oxygen atoms in total. The molecular formula is C11H20N2O2. The number of nitrogens with zero attached hydrogens (tertiary/aromatic N) is 2. The summed E-state index contributed by atoms with van der Waals surface area (Å²) in [5.74, 6) is 0. The van der Waals surface area contributed by atoms with Gasteiger partial charge in [-0.05, 0) is 19.3 Å². The van der Waals surface area contributed by atoms with Crippen LogP contribution in [-0.4, -0.2) is 48.2 Å². The first-order chi connectivity index (χ1) is 7.38. The zero-order valence-electron chi connectivity index (χ0n) is 9.19.